The molecule has 0 saturated carbocycles. The summed E-state index contributed by atoms with van der Waals surface area (Å²) in [5.41, 5.74) is -2.60. The Morgan fingerprint density at radius 3 is 2.03 bits per heavy atom. The summed E-state index contributed by atoms with van der Waals surface area (Å²) in [5.74, 6) is -0.218. The molecule has 0 unspecified atom stereocenters. The molecule has 36 heavy (non-hydrogen) atoms. The molecule has 4 rings (SSSR count). The van der Waals surface area contributed by atoms with Crippen molar-refractivity contribution in [3.8, 4) is 0 Å². The topological polar surface area (TPSA) is 70.9 Å². The van der Waals surface area contributed by atoms with E-state index in [4.69, 9.17) is 4.74 Å². The van der Waals surface area contributed by atoms with Crippen molar-refractivity contribution < 1.29 is 40.7 Å². The molecule has 1 saturated heterocycles. The molecule has 0 aliphatic carbocycles. The first kappa shape index (κ1) is 25.8. The average molecular weight is 519 g/mol. The van der Waals surface area contributed by atoms with Crippen LogP contribution < -0.4 is 0 Å². The molecule has 2 aromatic rings. The number of fused-ring (bicyclic) bond motifs is 1. The summed E-state index contributed by atoms with van der Waals surface area (Å²) < 4.78 is 84.9. The van der Waals surface area contributed by atoms with Gasteiger partial charge in [0.15, 0.2) is 5.69 Å². The maximum absolute atomic E-state index is 13.0. The number of hydrogen-bond acceptors (Lipinski definition) is 5. The Bertz CT molecular complexity index is 1110. The van der Waals surface area contributed by atoms with Crippen LogP contribution in [0.2, 0.25) is 0 Å². The number of likely N-dealkylation sites (N-methyl/N-ethyl adjacent to an activating group) is 1. The Hall–Kier alpha value is -3.29. The Morgan fingerprint density at radius 2 is 1.44 bits per heavy atom. The molecule has 3 heterocycles. The van der Waals surface area contributed by atoms with E-state index in [2.05, 4.69) is 10.00 Å². The van der Waals surface area contributed by atoms with Crippen LogP contribution in [0.15, 0.2) is 24.3 Å². The van der Waals surface area contributed by atoms with Crippen molar-refractivity contribution in [3.63, 3.8) is 0 Å². The minimum absolute atomic E-state index is 0.0120. The van der Waals surface area contributed by atoms with Gasteiger partial charge in [-0.2, -0.15) is 31.4 Å². The molecule has 14 heteroatoms. The lowest BCUT2D eigenvalue weighted by atomic mass is 10.1. The van der Waals surface area contributed by atoms with Crippen LogP contribution in [0.5, 0.6) is 0 Å². The first-order valence-electron chi connectivity index (χ1n) is 11.1. The largest absolute Gasteiger partial charge is 0.445 e. The summed E-state index contributed by atoms with van der Waals surface area (Å²) in [6, 6.07) is 2.62. The first-order chi connectivity index (χ1) is 16.8. The Kier molecular flexibility index (Phi) is 6.90. The zero-order valence-electron chi connectivity index (χ0n) is 19.2. The SMILES string of the molecule is CN1CCN(C(=O)c2cc3n(n2)CCN(C(=O)OCc2cc(C(F)(F)F)cc(C(F)(F)F)c2)C3)CC1. The molecular weight excluding hydrogens is 496 g/mol. The number of nitrogens with zero attached hydrogens (tertiary/aromatic N) is 5. The number of hydrogen-bond donors (Lipinski definition) is 0. The number of amides is 2. The second-order valence-corrected chi connectivity index (χ2v) is 8.73. The standard InChI is InChI=1S/C22H23F6N5O3/c1-30-2-4-31(5-3-30)19(34)18-11-17-12-32(6-7-33(17)29-18)20(35)36-13-14-8-15(21(23,24)25)10-16(9-14)22(26,27)28/h8-11H,2-7,12-13H2,1H3. The van der Waals surface area contributed by atoms with E-state index in [1.807, 2.05) is 7.05 Å². The number of aromatic nitrogens is 2. The number of carbonyl (C=O) groups excluding carboxylic acids is 2. The second-order valence-electron chi connectivity index (χ2n) is 8.73. The van der Waals surface area contributed by atoms with E-state index in [0.717, 1.165) is 13.1 Å². The first-order valence-corrected chi connectivity index (χ1v) is 11.1. The number of ether oxygens (including phenoxy) is 1. The quantitative estimate of drug-likeness (QED) is 0.581. The number of alkyl halides is 6. The van der Waals surface area contributed by atoms with Gasteiger partial charge in [-0.05, 0) is 36.9 Å². The van der Waals surface area contributed by atoms with Crippen molar-refractivity contribution >= 4 is 12.0 Å². The summed E-state index contributed by atoms with van der Waals surface area (Å²) >= 11 is 0. The van der Waals surface area contributed by atoms with Crippen LogP contribution in [0.4, 0.5) is 31.1 Å². The van der Waals surface area contributed by atoms with E-state index < -0.39 is 41.7 Å². The third-order valence-corrected chi connectivity index (χ3v) is 6.08. The molecule has 8 nitrogen and oxygen atoms in total. The molecule has 1 aromatic heterocycles. The fourth-order valence-corrected chi connectivity index (χ4v) is 4.04. The van der Waals surface area contributed by atoms with Gasteiger partial charge in [0.1, 0.15) is 6.61 Å². The minimum Gasteiger partial charge on any atom is -0.445 e. The van der Waals surface area contributed by atoms with Gasteiger partial charge in [-0.25, -0.2) is 4.79 Å². The van der Waals surface area contributed by atoms with E-state index >= 15 is 0 Å². The van der Waals surface area contributed by atoms with E-state index in [1.165, 1.54) is 4.90 Å². The van der Waals surface area contributed by atoms with Gasteiger partial charge in [0.25, 0.3) is 5.91 Å². The van der Waals surface area contributed by atoms with Gasteiger partial charge in [-0.3, -0.25) is 9.48 Å². The second kappa shape index (κ2) is 9.64. The smallest absolute Gasteiger partial charge is 0.416 e. The van der Waals surface area contributed by atoms with Crippen molar-refractivity contribution in [2.45, 2.75) is 32.0 Å². The van der Waals surface area contributed by atoms with Crippen molar-refractivity contribution in [3.05, 3.63) is 52.3 Å². The molecule has 2 aliphatic heterocycles. The van der Waals surface area contributed by atoms with Gasteiger partial charge in [-0.15, -0.1) is 0 Å². The number of halogens is 6. The van der Waals surface area contributed by atoms with Crippen LogP contribution in [0.3, 0.4) is 0 Å². The van der Waals surface area contributed by atoms with Crippen LogP contribution in [-0.4, -0.2) is 76.3 Å². The molecule has 0 N–H and O–H groups in total. The highest BCUT2D eigenvalue weighted by Gasteiger charge is 2.37. The van der Waals surface area contributed by atoms with Crippen molar-refractivity contribution in [2.24, 2.45) is 0 Å². The van der Waals surface area contributed by atoms with E-state index in [-0.39, 0.29) is 37.3 Å². The molecule has 0 spiro atoms. The lowest BCUT2D eigenvalue weighted by Crippen LogP contribution is -2.47. The Labute approximate surface area is 202 Å². The van der Waals surface area contributed by atoms with Crippen molar-refractivity contribution in [1.29, 1.82) is 0 Å². The molecule has 1 aromatic carbocycles. The molecule has 1 fully saturated rings. The normalized spacial score (nSPS) is 17.2. The lowest BCUT2D eigenvalue weighted by molar-refractivity contribution is -0.143. The predicted molar refractivity (Wildman–Crippen MR) is 113 cm³/mol. The van der Waals surface area contributed by atoms with Gasteiger partial charge < -0.3 is 19.4 Å². The summed E-state index contributed by atoms with van der Waals surface area (Å²) in [6.45, 7) is 2.29. The highest BCUT2D eigenvalue weighted by molar-refractivity contribution is 5.92. The van der Waals surface area contributed by atoms with Gasteiger partial charge in [0, 0.05) is 32.7 Å². The van der Waals surface area contributed by atoms with Crippen LogP contribution in [-0.2, 0) is 36.8 Å². The van der Waals surface area contributed by atoms with Gasteiger partial charge in [-0.1, -0.05) is 0 Å². The lowest BCUT2D eigenvalue weighted by Gasteiger charge is -2.31. The zero-order valence-corrected chi connectivity index (χ0v) is 19.2. The number of piperazine rings is 1. The zero-order chi connectivity index (χ0) is 26.3. The van der Waals surface area contributed by atoms with Crippen LogP contribution in [0, 0.1) is 0 Å². The van der Waals surface area contributed by atoms with Gasteiger partial charge in [0.05, 0.1) is 29.9 Å². The fourth-order valence-electron chi connectivity index (χ4n) is 4.04. The van der Waals surface area contributed by atoms with Crippen LogP contribution in [0.1, 0.15) is 32.9 Å². The number of benzene rings is 1. The molecule has 196 valence electrons. The highest BCUT2D eigenvalue weighted by Crippen LogP contribution is 2.36. The monoisotopic (exact) mass is 519 g/mol. The molecule has 0 atom stereocenters. The molecule has 2 amide bonds. The third kappa shape index (κ3) is 5.74. The summed E-state index contributed by atoms with van der Waals surface area (Å²) in [5, 5.41) is 4.32. The van der Waals surface area contributed by atoms with E-state index in [1.54, 1.807) is 15.6 Å². The van der Waals surface area contributed by atoms with E-state index in [0.29, 0.717) is 30.9 Å². The Balaban J connectivity index is 1.40. The highest BCUT2D eigenvalue weighted by atomic mass is 19.4. The van der Waals surface area contributed by atoms with Crippen molar-refractivity contribution in [1.82, 2.24) is 24.5 Å². The minimum atomic E-state index is -5.00. The van der Waals surface area contributed by atoms with Crippen LogP contribution >= 0.6 is 0 Å². The maximum Gasteiger partial charge on any atom is 0.416 e. The van der Waals surface area contributed by atoms with Crippen molar-refractivity contribution in [2.75, 3.05) is 39.8 Å². The van der Waals surface area contributed by atoms with Crippen LogP contribution in [0.25, 0.3) is 0 Å². The predicted octanol–water partition coefficient (Wildman–Crippen LogP) is 3.46. The Morgan fingerprint density at radius 1 is 0.861 bits per heavy atom. The summed E-state index contributed by atoms with van der Waals surface area (Å²) in [7, 11) is 1.97. The molecule has 0 bridgehead atoms. The molecule has 2 aliphatic rings. The number of carbonyl (C=O) groups is 2. The maximum atomic E-state index is 13.0. The average Bonchev–Trinajstić information content (AvgIpc) is 3.24. The fraction of sp³-hybridized carbons (Fsp3) is 0.500. The molecular formula is C22H23F6N5O3. The summed E-state index contributed by atoms with van der Waals surface area (Å²) in [6.07, 6.45) is -10.9. The number of rotatable bonds is 3. The third-order valence-electron chi connectivity index (χ3n) is 6.08. The van der Waals surface area contributed by atoms with Gasteiger partial charge in [0.2, 0.25) is 0 Å². The molecule has 0 radical (unpaired) electrons. The van der Waals surface area contributed by atoms with Gasteiger partial charge >= 0.3 is 18.4 Å². The van der Waals surface area contributed by atoms with E-state index in [9.17, 15) is 35.9 Å². The summed E-state index contributed by atoms with van der Waals surface area (Å²) in [4.78, 5) is 30.3.